The van der Waals surface area contributed by atoms with E-state index in [0.29, 0.717) is 24.2 Å². The van der Waals surface area contributed by atoms with Crippen LogP contribution >= 0.6 is 24.2 Å². The first-order valence-corrected chi connectivity index (χ1v) is 13.9. The fourth-order valence-corrected chi connectivity index (χ4v) is 8.98. The molecule has 5 aliphatic rings. The van der Waals surface area contributed by atoms with E-state index in [1.165, 1.54) is 42.6 Å². The van der Waals surface area contributed by atoms with Crippen LogP contribution in [0.4, 0.5) is 0 Å². The normalized spacial score (nSPS) is 37.7. The molecule has 2 unspecified atom stereocenters. The van der Waals surface area contributed by atoms with E-state index in [1.807, 2.05) is 11.9 Å². The summed E-state index contributed by atoms with van der Waals surface area (Å²) in [5.41, 5.74) is 8.07. The SMILES string of the molecule is NC1CCC(NC(=S)C23CC4CC(c5ccccc5)(CC(C2)N4Sc2ccccc2)C3)CC1. The molecule has 33 heavy (non-hydrogen) atoms. The largest absolute Gasteiger partial charge is 0.376 e. The topological polar surface area (TPSA) is 41.3 Å². The van der Waals surface area contributed by atoms with E-state index < -0.39 is 0 Å². The molecule has 3 saturated carbocycles. The minimum atomic E-state index is 0.129. The average Bonchev–Trinajstić information content (AvgIpc) is 2.84. The van der Waals surface area contributed by atoms with Gasteiger partial charge < -0.3 is 11.1 Å². The fourth-order valence-electron chi connectivity index (χ4n) is 7.46. The van der Waals surface area contributed by atoms with Gasteiger partial charge in [-0.25, -0.2) is 4.31 Å². The van der Waals surface area contributed by atoms with E-state index in [4.69, 9.17) is 18.0 Å². The van der Waals surface area contributed by atoms with Crippen LogP contribution in [0.1, 0.15) is 63.4 Å². The molecule has 2 saturated heterocycles. The van der Waals surface area contributed by atoms with Crippen LogP contribution in [-0.2, 0) is 5.41 Å². The van der Waals surface area contributed by atoms with Gasteiger partial charge in [0, 0.05) is 34.5 Å². The summed E-state index contributed by atoms with van der Waals surface area (Å²) in [7, 11) is 0. The highest BCUT2D eigenvalue weighted by Crippen LogP contribution is 2.64. The molecular weight excluding hydrogens is 442 g/mol. The Morgan fingerprint density at radius 1 is 0.879 bits per heavy atom. The molecule has 5 fully saturated rings. The second kappa shape index (κ2) is 8.67. The third kappa shape index (κ3) is 4.05. The van der Waals surface area contributed by atoms with Gasteiger partial charge in [-0.05, 0) is 92.8 Å². The maximum atomic E-state index is 6.26. The van der Waals surface area contributed by atoms with Crippen molar-refractivity contribution in [2.75, 3.05) is 0 Å². The van der Waals surface area contributed by atoms with Gasteiger partial charge in [-0.2, -0.15) is 0 Å². The van der Waals surface area contributed by atoms with Crippen LogP contribution < -0.4 is 11.1 Å². The van der Waals surface area contributed by atoms with Gasteiger partial charge >= 0.3 is 0 Å². The van der Waals surface area contributed by atoms with Crippen LogP contribution in [0.3, 0.4) is 0 Å². The summed E-state index contributed by atoms with van der Waals surface area (Å²) in [6.45, 7) is 0. The van der Waals surface area contributed by atoms with Gasteiger partial charge in [0.2, 0.25) is 0 Å². The number of benzene rings is 2. The molecule has 2 aromatic rings. The first-order chi connectivity index (χ1) is 16.1. The second-order valence-corrected chi connectivity index (χ2v) is 12.6. The number of nitrogens with one attached hydrogen (secondary N) is 1. The van der Waals surface area contributed by atoms with Crippen LogP contribution in [-0.4, -0.2) is 33.5 Å². The van der Waals surface area contributed by atoms with Gasteiger partial charge in [0.1, 0.15) is 0 Å². The zero-order chi connectivity index (χ0) is 22.5. The average molecular weight is 478 g/mol. The number of piperidine rings is 2. The number of thiocarbonyl (C=S) groups is 1. The Balaban J connectivity index is 1.29. The molecule has 0 aromatic heterocycles. The highest BCUT2D eigenvalue weighted by atomic mass is 32.2. The number of nitrogens with two attached hydrogens (primary N) is 1. The molecule has 174 valence electrons. The molecule has 2 atom stereocenters. The third-order valence-corrected chi connectivity index (χ3v) is 10.7. The summed E-state index contributed by atoms with van der Waals surface area (Å²) in [6, 6.07) is 24.3. The molecule has 5 heteroatoms. The monoisotopic (exact) mass is 477 g/mol. The number of rotatable bonds is 5. The predicted molar refractivity (Wildman–Crippen MR) is 141 cm³/mol. The van der Waals surface area contributed by atoms with E-state index in [2.05, 4.69) is 70.3 Å². The van der Waals surface area contributed by atoms with Gasteiger partial charge in [-0.15, -0.1) is 0 Å². The molecule has 0 radical (unpaired) electrons. The Kier molecular flexibility index (Phi) is 5.81. The summed E-state index contributed by atoms with van der Waals surface area (Å²) in [4.78, 5) is 2.51. The molecule has 2 aromatic carbocycles. The van der Waals surface area contributed by atoms with Crippen molar-refractivity contribution >= 4 is 29.2 Å². The van der Waals surface area contributed by atoms with Gasteiger partial charge in [0.15, 0.2) is 0 Å². The van der Waals surface area contributed by atoms with Gasteiger partial charge in [-0.3, -0.25) is 0 Å². The van der Waals surface area contributed by atoms with Gasteiger partial charge in [-0.1, -0.05) is 60.7 Å². The van der Waals surface area contributed by atoms with Crippen LogP contribution in [0.25, 0.3) is 0 Å². The smallest absolute Gasteiger partial charge is 0.0819 e. The predicted octanol–water partition coefficient (Wildman–Crippen LogP) is 5.84. The third-order valence-electron chi connectivity index (χ3n) is 8.83. The van der Waals surface area contributed by atoms with Crippen molar-refractivity contribution in [1.29, 1.82) is 0 Å². The van der Waals surface area contributed by atoms with Crippen LogP contribution in [0.15, 0.2) is 65.6 Å². The molecule has 0 spiro atoms. The lowest BCUT2D eigenvalue weighted by Crippen LogP contribution is -2.67. The lowest BCUT2D eigenvalue weighted by atomic mass is 9.48. The summed E-state index contributed by atoms with van der Waals surface area (Å²) in [6.07, 6.45) is 10.6. The molecule has 0 amide bonds. The molecule has 2 aliphatic heterocycles. The Morgan fingerprint density at radius 3 is 2.12 bits per heavy atom. The second-order valence-electron chi connectivity index (χ2n) is 11.1. The molecule has 7 rings (SSSR count). The van der Waals surface area contributed by atoms with E-state index in [0.717, 1.165) is 30.7 Å². The van der Waals surface area contributed by atoms with Crippen molar-refractivity contribution in [3.8, 4) is 0 Å². The van der Waals surface area contributed by atoms with E-state index >= 15 is 0 Å². The minimum absolute atomic E-state index is 0.129. The Bertz CT molecular complexity index is 971. The maximum absolute atomic E-state index is 6.26. The Labute approximate surface area is 208 Å². The zero-order valence-corrected chi connectivity index (χ0v) is 20.9. The van der Waals surface area contributed by atoms with Crippen molar-refractivity contribution in [3.05, 3.63) is 66.2 Å². The molecule has 3 aliphatic carbocycles. The molecule has 4 bridgehead atoms. The van der Waals surface area contributed by atoms with Crippen molar-refractivity contribution < 1.29 is 0 Å². The maximum Gasteiger partial charge on any atom is 0.0819 e. The summed E-state index contributed by atoms with van der Waals surface area (Å²) < 4.78 is 2.75. The van der Waals surface area contributed by atoms with Crippen molar-refractivity contribution in [1.82, 2.24) is 9.62 Å². The van der Waals surface area contributed by atoms with Crippen LogP contribution in [0.5, 0.6) is 0 Å². The number of hydrogen-bond acceptors (Lipinski definition) is 4. The molecule has 3 N–H and O–H groups in total. The fraction of sp³-hybridized carbons (Fsp3) is 0.536. The molecular formula is C28H35N3S2. The van der Waals surface area contributed by atoms with E-state index in [9.17, 15) is 0 Å². The number of nitrogens with zero attached hydrogens (tertiary/aromatic N) is 1. The van der Waals surface area contributed by atoms with E-state index in [1.54, 1.807) is 0 Å². The summed E-state index contributed by atoms with van der Waals surface area (Å²) in [5.74, 6) is 0. The van der Waals surface area contributed by atoms with Crippen LogP contribution in [0, 0.1) is 5.41 Å². The standard InChI is InChI=1S/C28H35N3S2/c29-21-11-13-22(14-12-21)30-26(32)28-17-23-15-27(19-28,20-7-3-1-4-8-20)16-24(18-28)31(23)33-25-9-5-2-6-10-25/h1-10,21-24H,11-19,29H2,(H,30,32). The highest BCUT2D eigenvalue weighted by molar-refractivity contribution is 7.97. The van der Waals surface area contributed by atoms with Crippen molar-refractivity contribution in [3.63, 3.8) is 0 Å². The molecule has 3 nitrogen and oxygen atoms in total. The Morgan fingerprint density at radius 2 is 1.48 bits per heavy atom. The minimum Gasteiger partial charge on any atom is -0.376 e. The van der Waals surface area contributed by atoms with Gasteiger partial charge in [0.25, 0.3) is 0 Å². The van der Waals surface area contributed by atoms with E-state index in [-0.39, 0.29) is 10.8 Å². The first kappa shape index (κ1) is 22.1. The summed E-state index contributed by atoms with van der Waals surface area (Å²) in [5, 5.41) is 3.88. The number of hydrogen-bond donors (Lipinski definition) is 2. The summed E-state index contributed by atoms with van der Waals surface area (Å²) >= 11 is 8.23. The van der Waals surface area contributed by atoms with Crippen LogP contribution in [0.2, 0.25) is 0 Å². The Hall–Kier alpha value is -1.40. The molecule has 2 heterocycles. The first-order valence-electron chi connectivity index (χ1n) is 12.7. The van der Waals surface area contributed by atoms with Crippen molar-refractivity contribution in [2.24, 2.45) is 11.1 Å². The zero-order valence-electron chi connectivity index (χ0n) is 19.3. The van der Waals surface area contributed by atoms with Crippen molar-refractivity contribution in [2.45, 2.75) is 92.3 Å². The van der Waals surface area contributed by atoms with Gasteiger partial charge in [0.05, 0.1) is 4.99 Å². The highest BCUT2D eigenvalue weighted by Gasteiger charge is 2.62. The lowest BCUT2D eigenvalue weighted by Gasteiger charge is -2.66. The lowest BCUT2D eigenvalue weighted by molar-refractivity contribution is -0.0492. The quantitative estimate of drug-likeness (QED) is 0.418.